The summed E-state index contributed by atoms with van der Waals surface area (Å²) in [4.78, 5) is 14.3. The molecule has 3 heterocycles. The molecule has 2 aliphatic heterocycles. The number of guanidine groups is 1. The maximum Gasteiger partial charge on any atom is 0.193 e. The molecule has 0 amide bonds. The molecule has 1 aromatic heterocycles. The largest absolute Gasteiger partial charge is 0.357 e. The number of aliphatic imine (C=N–C) groups is 1. The summed E-state index contributed by atoms with van der Waals surface area (Å²) >= 11 is 0. The van der Waals surface area contributed by atoms with Gasteiger partial charge < -0.3 is 19.7 Å². The smallest absolute Gasteiger partial charge is 0.193 e. The second-order valence-corrected chi connectivity index (χ2v) is 7.72. The Kier molecular flexibility index (Phi) is 9.89. The maximum absolute atomic E-state index is 4.90. The first kappa shape index (κ1) is 22.5. The van der Waals surface area contributed by atoms with E-state index in [-0.39, 0.29) is 24.0 Å². The lowest BCUT2D eigenvalue weighted by molar-refractivity contribution is 0.281. The van der Waals surface area contributed by atoms with Gasteiger partial charge in [-0.2, -0.15) is 0 Å². The molecule has 2 fully saturated rings. The predicted molar refractivity (Wildman–Crippen MR) is 123 cm³/mol. The molecule has 6 nitrogen and oxygen atoms in total. The van der Waals surface area contributed by atoms with E-state index in [1.165, 1.54) is 38.9 Å². The molecular weight excluding hydrogens is 451 g/mol. The van der Waals surface area contributed by atoms with E-state index < -0.39 is 0 Å². The fourth-order valence-corrected chi connectivity index (χ4v) is 4.15. The van der Waals surface area contributed by atoms with Crippen molar-refractivity contribution in [2.75, 3.05) is 45.8 Å². The van der Waals surface area contributed by atoms with Gasteiger partial charge >= 0.3 is 0 Å². The van der Waals surface area contributed by atoms with Crippen LogP contribution >= 0.6 is 24.0 Å². The number of unbranched alkanes of at least 4 members (excludes halogenated alkanes) is 1. The molecule has 3 rings (SSSR count). The Hall–Kier alpha value is -0.830. The number of nitrogens with one attached hydrogen (secondary N) is 1. The first-order chi connectivity index (χ1) is 12.8. The van der Waals surface area contributed by atoms with Crippen LogP contribution in [0.1, 0.15) is 44.9 Å². The molecule has 27 heavy (non-hydrogen) atoms. The van der Waals surface area contributed by atoms with Gasteiger partial charge in [0.15, 0.2) is 5.96 Å². The van der Waals surface area contributed by atoms with Crippen LogP contribution in [0.25, 0.3) is 0 Å². The van der Waals surface area contributed by atoms with Gasteiger partial charge in [0.25, 0.3) is 0 Å². The number of rotatable bonds is 8. The molecule has 2 saturated heterocycles. The number of halogens is 1. The third-order valence-corrected chi connectivity index (χ3v) is 5.63. The zero-order valence-electron chi connectivity index (χ0n) is 17.1. The van der Waals surface area contributed by atoms with E-state index in [4.69, 9.17) is 4.99 Å². The third kappa shape index (κ3) is 6.93. The summed E-state index contributed by atoms with van der Waals surface area (Å²) in [6, 6.07) is 0. The van der Waals surface area contributed by atoms with E-state index in [1.54, 1.807) is 0 Å². The molecule has 0 saturated carbocycles. The van der Waals surface area contributed by atoms with E-state index in [0.717, 1.165) is 63.3 Å². The Bertz CT molecular complexity index is 567. The monoisotopic (exact) mass is 488 g/mol. The molecule has 1 atom stereocenters. The van der Waals surface area contributed by atoms with Gasteiger partial charge in [0.1, 0.15) is 5.82 Å². The minimum atomic E-state index is 0. The highest BCUT2D eigenvalue weighted by Gasteiger charge is 2.27. The Morgan fingerprint density at radius 2 is 2.07 bits per heavy atom. The first-order valence-electron chi connectivity index (χ1n) is 10.5. The third-order valence-electron chi connectivity index (χ3n) is 5.63. The van der Waals surface area contributed by atoms with Crippen LogP contribution in [-0.2, 0) is 6.54 Å². The lowest BCUT2D eigenvalue weighted by Crippen LogP contribution is -2.40. The summed E-state index contributed by atoms with van der Waals surface area (Å²) in [6.07, 6.45) is 10.3. The van der Waals surface area contributed by atoms with E-state index in [2.05, 4.69) is 44.7 Å². The van der Waals surface area contributed by atoms with Crippen molar-refractivity contribution in [3.05, 3.63) is 18.2 Å². The highest BCUT2D eigenvalue weighted by molar-refractivity contribution is 14.0. The Morgan fingerprint density at radius 1 is 1.26 bits per heavy atom. The maximum atomic E-state index is 4.90. The van der Waals surface area contributed by atoms with Gasteiger partial charge in [-0.05, 0) is 65.0 Å². The molecule has 7 heteroatoms. The number of hydrogen-bond donors (Lipinski definition) is 1. The standard InChI is InChI=1S/C20H36N6.HI/c1-3-21-20(23-9-4-5-13-25-15-10-22-18(25)2)26-14-8-19(17-26)16-24-11-6-7-12-24;/h10,15,19H,3-9,11-14,16-17H2,1-2H3,(H,21,23);1H. The molecule has 2 aliphatic rings. The molecular formula is C20H37IN6. The molecule has 154 valence electrons. The van der Waals surface area contributed by atoms with Gasteiger partial charge in [-0.3, -0.25) is 4.99 Å². The summed E-state index contributed by atoms with van der Waals surface area (Å²) in [5, 5.41) is 3.50. The minimum Gasteiger partial charge on any atom is -0.357 e. The van der Waals surface area contributed by atoms with Gasteiger partial charge in [-0.1, -0.05) is 0 Å². The zero-order chi connectivity index (χ0) is 18.2. The zero-order valence-corrected chi connectivity index (χ0v) is 19.4. The van der Waals surface area contributed by atoms with Crippen molar-refractivity contribution in [3.63, 3.8) is 0 Å². The van der Waals surface area contributed by atoms with Gasteiger partial charge in [0, 0.05) is 51.7 Å². The molecule has 0 bridgehead atoms. The number of aromatic nitrogens is 2. The fraction of sp³-hybridized carbons (Fsp3) is 0.800. The molecule has 1 N–H and O–H groups in total. The van der Waals surface area contributed by atoms with Crippen LogP contribution in [0.4, 0.5) is 0 Å². The highest BCUT2D eigenvalue weighted by Crippen LogP contribution is 2.20. The summed E-state index contributed by atoms with van der Waals surface area (Å²) in [6.45, 7) is 13.3. The minimum absolute atomic E-state index is 0. The Morgan fingerprint density at radius 3 is 2.78 bits per heavy atom. The fourth-order valence-electron chi connectivity index (χ4n) is 4.15. The number of hydrogen-bond acceptors (Lipinski definition) is 3. The van der Waals surface area contributed by atoms with Crippen molar-refractivity contribution in [2.24, 2.45) is 10.9 Å². The van der Waals surface area contributed by atoms with Crippen LogP contribution in [0.15, 0.2) is 17.4 Å². The van der Waals surface area contributed by atoms with Crippen LogP contribution in [-0.4, -0.2) is 71.1 Å². The summed E-state index contributed by atoms with van der Waals surface area (Å²) in [7, 11) is 0. The summed E-state index contributed by atoms with van der Waals surface area (Å²) in [5.74, 6) is 3.03. The molecule has 1 unspecified atom stereocenters. The van der Waals surface area contributed by atoms with Crippen molar-refractivity contribution >= 4 is 29.9 Å². The number of likely N-dealkylation sites (tertiary alicyclic amines) is 2. The molecule has 0 spiro atoms. The molecule has 0 radical (unpaired) electrons. The van der Waals surface area contributed by atoms with E-state index in [0.29, 0.717) is 0 Å². The Balaban J connectivity index is 0.00000261. The predicted octanol–water partition coefficient (Wildman–Crippen LogP) is 2.97. The quantitative estimate of drug-likeness (QED) is 0.265. The lowest BCUT2D eigenvalue weighted by Gasteiger charge is -2.23. The van der Waals surface area contributed by atoms with Crippen LogP contribution in [0.3, 0.4) is 0 Å². The molecule has 0 aliphatic carbocycles. The van der Waals surface area contributed by atoms with Crippen molar-refractivity contribution in [3.8, 4) is 0 Å². The number of imidazole rings is 1. The van der Waals surface area contributed by atoms with Crippen molar-refractivity contribution in [2.45, 2.75) is 52.5 Å². The lowest BCUT2D eigenvalue weighted by atomic mass is 10.1. The number of nitrogens with zero attached hydrogens (tertiary/aromatic N) is 5. The second-order valence-electron chi connectivity index (χ2n) is 7.72. The van der Waals surface area contributed by atoms with E-state index in [9.17, 15) is 0 Å². The highest BCUT2D eigenvalue weighted by atomic mass is 127. The van der Waals surface area contributed by atoms with Crippen molar-refractivity contribution < 1.29 is 0 Å². The van der Waals surface area contributed by atoms with Crippen LogP contribution in [0.5, 0.6) is 0 Å². The Labute approximate surface area is 181 Å². The average Bonchev–Trinajstić information content (AvgIpc) is 3.38. The summed E-state index contributed by atoms with van der Waals surface area (Å²) in [5.41, 5.74) is 0. The molecule has 1 aromatic rings. The first-order valence-corrected chi connectivity index (χ1v) is 10.5. The van der Waals surface area contributed by atoms with Gasteiger partial charge in [-0.25, -0.2) is 4.98 Å². The van der Waals surface area contributed by atoms with Gasteiger partial charge in [0.2, 0.25) is 0 Å². The van der Waals surface area contributed by atoms with Gasteiger partial charge in [0.05, 0.1) is 0 Å². The molecule has 0 aromatic carbocycles. The van der Waals surface area contributed by atoms with Crippen molar-refractivity contribution in [1.82, 2.24) is 24.7 Å². The second kappa shape index (κ2) is 11.9. The van der Waals surface area contributed by atoms with Gasteiger partial charge in [-0.15, -0.1) is 24.0 Å². The average molecular weight is 488 g/mol. The normalized spacial score (nSPS) is 20.9. The number of aryl methyl sites for hydroxylation is 2. The van der Waals surface area contributed by atoms with E-state index >= 15 is 0 Å². The SMILES string of the molecule is CCNC(=NCCCCn1ccnc1C)N1CCC(CN2CCCC2)C1.I. The van der Waals surface area contributed by atoms with Crippen LogP contribution in [0.2, 0.25) is 0 Å². The van der Waals surface area contributed by atoms with Crippen LogP contribution < -0.4 is 5.32 Å². The topological polar surface area (TPSA) is 48.7 Å². The van der Waals surface area contributed by atoms with Crippen LogP contribution in [0, 0.1) is 12.8 Å². The summed E-state index contributed by atoms with van der Waals surface area (Å²) < 4.78 is 2.22. The van der Waals surface area contributed by atoms with E-state index in [1.807, 2.05) is 6.20 Å². The van der Waals surface area contributed by atoms with Crippen molar-refractivity contribution in [1.29, 1.82) is 0 Å².